The quantitative estimate of drug-likeness (QED) is 0.156. The van der Waals surface area contributed by atoms with E-state index < -0.39 is 0 Å². The molecule has 0 aliphatic carbocycles. The monoisotopic (exact) mass is 536 g/mol. The van der Waals surface area contributed by atoms with Crippen LogP contribution in [0.4, 0.5) is 0 Å². The van der Waals surface area contributed by atoms with Gasteiger partial charge >= 0.3 is 0 Å². The van der Waals surface area contributed by atoms with Crippen molar-refractivity contribution in [2.45, 2.75) is 33.7 Å². The molecular formula is C22H41IN4O3. The van der Waals surface area contributed by atoms with Crippen LogP contribution in [0.25, 0.3) is 0 Å². The van der Waals surface area contributed by atoms with Gasteiger partial charge < -0.3 is 29.7 Å². The minimum Gasteiger partial charge on any atom is -0.491 e. The van der Waals surface area contributed by atoms with Gasteiger partial charge in [-0.1, -0.05) is 12.1 Å². The summed E-state index contributed by atoms with van der Waals surface area (Å²) in [6.07, 6.45) is 1.04. The van der Waals surface area contributed by atoms with Gasteiger partial charge in [0.1, 0.15) is 12.4 Å². The molecule has 30 heavy (non-hydrogen) atoms. The van der Waals surface area contributed by atoms with Crippen molar-refractivity contribution in [2.75, 3.05) is 66.8 Å². The Kier molecular flexibility index (Phi) is 18.0. The Morgan fingerprint density at radius 1 is 1.10 bits per heavy atom. The van der Waals surface area contributed by atoms with Crippen LogP contribution in [0.2, 0.25) is 0 Å². The molecule has 0 unspecified atom stereocenters. The van der Waals surface area contributed by atoms with Crippen LogP contribution >= 0.6 is 24.0 Å². The zero-order chi connectivity index (χ0) is 21.3. The van der Waals surface area contributed by atoms with Crippen LogP contribution in [0, 0.1) is 6.92 Å². The first-order valence-corrected chi connectivity index (χ1v) is 10.6. The number of ether oxygens (including phenoxy) is 3. The highest BCUT2D eigenvalue weighted by molar-refractivity contribution is 14.0. The molecule has 0 amide bonds. The van der Waals surface area contributed by atoms with Crippen LogP contribution in [0.3, 0.4) is 0 Å². The second kappa shape index (κ2) is 18.7. The number of methoxy groups -OCH3 is 1. The van der Waals surface area contributed by atoms with Crippen molar-refractivity contribution in [3.8, 4) is 5.75 Å². The van der Waals surface area contributed by atoms with Gasteiger partial charge in [0, 0.05) is 38.9 Å². The van der Waals surface area contributed by atoms with Crippen molar-refractivity contribution in [2.24, 2.45) is 4.99 Å². The largest absolute Gasteiger partial charge is 0.491 e. The predicted octanol–water partition coefficient (Wildman–Crippen LogP) is 3.05. The Bertz CT molecular complexity index is 588. The van der Waals surface area contributed by atoms with E-state index in [0.29, 0.717) is 26.4 Å². The second-order valence-corrected chi connectivity index (χ2v) is 6.93. The zero-order valence-corrected chi connectivity index (χ0v) is 21.7. The molecule has 0 spiro atoms. The summed E-state index contributed by atoms with van der Waals surface area (Å²) in [5.74, 6) is 1.71. The van der Waals surface area contributed by atoms with Gasteiger partial charge in [0.2, 0.25) is 0 Å². The summed E-state index contributed by atoms with van der Waals surface area (Å²) in [6, 6.07) is 6.24. The molecule has 1 aromatic carbocycles. The van der Waals surface area contributed by atoms with Crippen molar-refractivity contribution in [3.05, 3.63) is 29.3 Å². The SMILES string of the molecule is CCNC(=NCc1ccc(C)cc1OCCOCC)NCCCN(C)CCOC.I. The summed E-state index contributed by atoms with van der Waals surface area (Å²) in [6.45, 7) is 13.0. The van der Waals surface area contributed by atoms with E-state index in [1.54, 1.807) is 7.11 Å². The normalized spacial score (nSPS) is 11.3. The van der Waals surface area contributed by atoms with E-state index in [1.807, 2.05) is 6.92 Å². The summed E-state index contributed by atoms with van der Waals surface area (Å²) in [5.41, 5.74) is 2.25. The van der Waals surface area contributed by atoms with Gasteiger partial charge in [-0.05, 0) is 52.4 Å². The molecule has 1 aromatic rings. The molecule has 0 saturated carbocycles. The van der Waals surface area contributed by atoms with Gasteiger partial charge in [-0.3, -0.25) is 0 Å². The lowest BCUT2D eigenvalue weighted by atomic mass is 10.1. The number of hydrogen-bond donors (Lipinski definition) is 2. The molecule has 0 aliphatic rings. The molecule has 0 aromatic heterocycles. The summed E-state index contributed by atoms with van der Waals surface area (Å²) in [5, 5.41) is 6.72. The van der Waals surface area contributed by atoms with Crippen molar-refractivity contribution in [1.29, 1.82) is 0 Å². The van der Waals surface area contributed by atoms with Crippen LogP contribution in [-0.4, -0.2) is 77.6 Å². The fourth-order valence-electron chi connectivity index (χ4n) is 2.70. The third-order valence-electron chi connectivity index (χ3n) is 4.35. The Labute approximate surface area is 200 Å². The lowest BCUT2D eigenvalue weighted by Crippen LogP contribution is -2.38. The number of rotatable bonds is 15. The van der Waals surface area contributed by atoms with Gasteiger partial charge in [0.15, 0.2) is 5.96 Å². The maximum Gasteiger partial charge on any atom is 0.191 e. The number of likely N-dealkylation sites (N-methyl/N-ethyl adjacent to an activating group) is 1. The highest BCUT2D eigenvalue weighted by Gasteiger charge is 2.06. The average Bonchev–Trinajstić information content (AvgIpc) is 2.71. The number of hydrogen-bond acceptors (Lipinski definition) is 5. The van der Waals surface area contributed by atoms with Gasteiger partial charge in [-0.15, -0.1) is 24.0 Å². The van der Waals surface area contributed by atoms with E-state index in [1.165, 1.54) is 5.56 Å². The molecule has 1 rings (SSSR count). The molecule has 0 saturated heterocycles. The zero-order valence-electron chi connectivity index (χ0n) is 19.3. The highest BCUT2D eigenvalue weighted by atomic mass is 127. The van der Waals surface area contributed by atoms with E-state index in [4.69, 9.17) is 19.2 Å². The number of guanidine groups is 1. The van der Waals surface area contributed by atoms with Crippen molar-refractivity contribution < 1.29 is 14.2 Å². The van der Waals surface area contributed by atoms with Crippen molar-refractivity contribution in [3.63, 3.8) is 0 Å². The molecule has 174 valence electrons. The van der Waals surface area contributed by atoms with Crippen LogP contribution < -0.4 is 15.4 Å². The van der Waals surface area contributed by atoms with E-state index in [2.05, 4.69) is 54.6 Å². The number of halogens is 1. The Morgan fingerprint density at radius 3 is 2.60 bits per heavy atom. The molecule has 0 radical (unpaired) electrons. The van der Waals surface area contributed by atoms with Gasteiger partial charge in [0.05, 0.1) is 19.8 Å². The fourth-order valence-corrected chi connectivity index (χ4v) is 2.70. The molecule has 0 heterocycles. The minimum atomic E-state index is 0. The highest BCUT2D eigenvalue weighted by Crippen LogP contribution is 2.21. The topological polar surface area (TPSA) is 67.4 Å². The van der Waals surface area contributed by atoms with Gasteiger partial charge in [-0.25, -0.2) is 4.99 Å². The molecular weight excluding hydrogens is 495 g/mol. The average molecular weight is 536 g/mol. The Hall–Kier alpha value is -1.10. The molecule has 0 fully saturated rings. The van der Waals surface area contributed by atoms with Crippen molar-refractivity contribution >= 4 is 29.9 Å². The third kappa shape index (κ3) is 13.3. The van der Waals surface area contributed by atoms with Gasteiger partial charge in [0.25, 0.3) is 0 Å². The van der Waals surface area contributed by atoms with Gasteiger partial charge in [-0.2, -0.15) is 0 Å². The Balaban J connectivity index is 0.00000841. The van der Waals surface area contributed by atoms with Crippen LogP contribution in [0.1, 0.15) is 31.4 Å². The smallest absolute Gasteiger partial charge is 0.191 e. The second-order valence-electron chi connectivity index (χ2n) is 6.93. The summed E-state index contributed by atoms with van der Waals surface area (Å²) in [4.78, 5) is 7.01. The van der Waals surface area contributed by atoms with E-state index in [-0.39, 0.29) is 24.0 Å². The van der Waals surface area contributed by atoms with E-state index >= 15 is 0 Å². The van der Waals surface area contributed by atoms with E-state index in [9.17, 15) is 0 Å². The first-order chi connectivity index (χ1) is 14.1. The number of nitrogens with zero attached hydrogens (tertiary/aromatic N) is 2. The summed E-state index contributed by atoms with van der Waals surface area (Å²) >= 11 is 0. The molecule has 2 N–H and O–H groups in total. The first-order valence-electron chi connectivity index (χ1n) is 10.6. The van der Waals surface area contributed by atoms with Crippen LogP contribution in [-0.2, 0) is 16.0 Å². The standard InChI is InChI=1S/C22H40N4O3.HI/c1-6-23-22(24-11-8-12-26(4)13-14-27-5)25-18-20-10-9-19(3)17-21(20)29-16-15-28-7-2;/h9-10,17H,6-8,11-16,18H2,1-5H3,(H2,23,24,25);1H. The van der Waals surface area contributed by atoms with Crippen molar-refractivity contribution in [1.82, 2.24) is 15.5 Å². The summed E-state index contributed by atoms with van der Waals surface area (Å²) < 4.78 is 16.4. The maximum absolute atomic E-state index is 5.92. The predicted molar refractivity (Wildman–Crippen MR) is 135 cm³/mol. The van der Waals surface area contributed by atoms with Crippen LogP contribution in [0.5, 0.6) is 5.75 Å². The summed E-state index contributed by atoms with van der Waals surface area (Å²) in [7, 11) is 3.85. The van der Waals surface area contributed by atoms with Crippen LogP contribution in [0.15, 0.2) is 23.2 Å². The molecule has 0 bridgehead atoms. The fraction of sp³-hybridized carbons (Fsp3) is 0.682. The molecule has 7 nitrogen and oxygen atoms in total. The lowest BCUT2D eigenvalue weighted by Gasteiger charge is -2.17. The molecule has 8 heteroatoms. The number of aryl methyl sites for hydroxylation is 1. The maximum atomic E-state index is 5.92. The minimum absolute atomic E-state index is 0. The molecule has 0 aliphatic heterocycles. The number of nitrogens with one attached hydrogen (secondary N) is 2. The Morgan fingerprint density at radius 2 is 1.90 bits per heavy atom. The van der Waals surface area contributed by atoms with E-state index in [0.717, 1.165) is 56.5 Å². The lowest BCUT2D eigenvalue weighted by molar-refractivity contribution is 0.110. The molecule has 0 atom stereocenters. The number of aliphatic imine (C=N–C) groups is 1. The first kappa shape index (κ1) is 28.9. The number of benzene rings is 1. The third-order valence-corrected chi connectivity index (χ3v) is 4.35.